The van der Waals surface area contributed by atoms with Crippen LogP contribution < -0.4 is 10.1 Å². The van der Waals surface area contributed by atoms with Crippen molar-refractivity contribution in [2.75, 3.05) is 12.4 Å². The largest absolute Gasteiger partial charge is 0.497 e. The minimum atomic E-state index is -1.13. The molecular weight excluding hydrogens is 280 g/mol. The van der Waals surface area contributed by atoms with Gasteiger partial charge in [0, 0.05) is 11.4 Å². The Hall–Kier alpha value is -2.41. The number of carboxylic acid groups (broad SMARTS) is 1. The lowest BCUT2D eigenvalue weighted by Crippen LogP contribution is -2.15. The van der Waals surface area contributed by atoms with Gasteiger partial charge in [0.1, 0.15) is 11.4 Å². The van der Waals surface area contributed by atoms with Gasteiger partial charge in [-0.1, -0.05) is 0 Å². The number of nitrogens with one attached hydrogen (secondary N) is 1. The van der Waals surface area contributed by atoms with Crippen LogP contribution in [-0.4, -0.2) is 29.1 Å². The monoisotopic (exact) mass is 292 g/mol. The zero-order valence-corrected chi connectivity index (χ0v) is 11.7. The molecule has 6 nitrogen and oxygen atoms in total. The van der Waals surface area contributed by atoms with E-state index in [0.29, 0.717) is 5.75 Å². The third kappa shape index (κ3) is 2.94. The molecule has 2 N–H and O–H groups in total. The van der Waals surface area contributed by atoms with Crippen molar-refractivity contribution >= 4 is 28.9 Å². The number of nitrogens with zero attached hydrogens (tertiary/aromatic N) is 1. The van der Waals surface area contributed by atoms with Crippen LogP contribution in [0.5, 0.6) is 5.75 Å². The molecule has 1 aromatic heterocycles. The number of methoxy groups -OCH3 is 1. The predicted octanol–water partition coefficient (Wildman–Crippen LogP) is 2.41. The Balaban J connectivity index is 2.31. The van der Waals surface area contributed by atoms with Crippen LogP contribution in [0.1, 0.15) is 25.9 Å². The van der Waals surface area contributed by atoms with Crippen LogP contribution in [0, 0.1) is 6.92 Å². The van der Waals surface area contributed by atoms with Crippen LogP contribution >= 0.6 is 11.3 Å². The maximum absolute atomic E-state index is 12.0. The smallest absolute Gasteiger partial charge is 0.337 e. The first kappa shape index (κ1) is 14.0. The maximum Gasteiger partial charge on any atom is 0.337 e. The summed E-state index contributed by atoms with van der Waals surface area (Å²) in [6, 6.07) is 4.36. The van der Waals surface area contributed by atoms with Crippen LogP contribution in [0.3, 0.4) is 0 Å². The quantitative estimate of drug-likeness (QED) is 0.903. The number of aromatic carboxylic acids is 1. The van der Waals surface area contributed by atoms with Gasteiger partial charge in [-0.2, -0.15) is 0 Å². The predicted molar refractivity (Wildman–Crippen MR) is 74.8 cm³/mol. The van der Waals surface area contributed by atoms with E-state index in [2.05, 4.69) is 10.3 Å². The summed E-state index contributed by atoms with van der Waals surface area (Å²) in [6.07, 6.45) is 0. The third-order valence-electron chi connectivity index (χ3n) is 2.56. The van der Waals surface area contributed by atoms with Crippen LogP contribution in [0.25, 0.3) is 0 Å². The Labute approximate surface area is 119 Å². The van der Waals surface area contributed by atoms with Crippen molar-refractivity contribution in [2.24, 2.45) is 0 Å². The second-order valence-corrected chi connectivity index (χ2v) is 4.98. The third-order valence-corrected chi connectivity index (χ3v) is 3.33. The summed E-state index contributed by atoms with van der Waals surface area (Å²) in [4.78, 5) is 27.2. The van der Waals surface area contributed by atoms with E-state index < -0.39 is 11.9 Å². The Morgan fingerprint density at radius 2 is 2.15 bits per heavy atom. The van der Waals surface area contributed by atoms with Crippen molar-refractivity contribution in [3.63, 3.8) is 0 Å². The topological polar surface area (TPSA) is 88.5 Å². The van der Waals surface area contributed by atoms with Crippen LogP contribution in [0.4, 0.5) is 5.69 Å². The molecule has 1 amide bonds. The van der Waals surface area contributed by atoms with E-state index in [1.54, 1.807) is 12.3 Å². The average molecular weight is 292 g/mol. The minimum Gasteiger partial charge on any atom is -0.497 e. The van der Waals surface area contributed by atoms with Gasteiger partial charge in [-0.25, -0.2) is 9.78 Å². The molecule has 0 aliphatic rings. The van der Waals surface area contributed by atoms with Crippen molar-refractivity contribution in [3.05, 3.63) is 39.8 Å². The lowest BCUT2D eigenvalue weighted by Gasteiger charge is -2.09. The fourth-order valence-corrected chi connectivity index (χ4v) is 2.19. The molecule has 0 radical (unpaired) electrons. The number of amides is 1. The molecule has 2 rings (SSSR count). The molecule has 0 unspecified atom stereocenters. The van der Waals surface area contributed by atoms with E-state index in [9.17, 15) is 9.59 Å². The van der Waals surface area contributed by atoms with E-state index in [0.717, 1.165) is 5.01 Å². The first-order valence-electron chi connectivity index (χ1n) is 5.66. The number of carbonyl (C=O) groups is 2. The highest BCUT2D eigenvalue weighted by molar-refractivity contribution is 7.09. The molecule has 0 fully saturated rings. The number of aromatic nitrogens is 1. The van der Waals surface area contributed by atoms with E-state index in [4.69, 9.17) is 9.84 Å². The molecular formula is C13H12N2O4S. The van der Waals surface area contributed by atoms with Crippen LogP contribution in [-0.2, 0) is 0 Å². The Morgan fingerprint density at radius 1 is 1.40 bits per heavy atom. The number of rotatable bonds is 4. The standard InChI is InChI=1S/C13H12N2O4S/c1-7-14-11(6-20-7)12(16)15-10-5-8(19-2)3-4-9(10)13(17)18/h3-6H,1-2H3,(H,15,16)(H,17,18). The SMILES string of the molecule is COc1ccc(C(=O)O)c(NC(=O)c2csc(C)n2)c1. The van der Waals surface area contributed by atoms with Gasteiger partial charge in [0.05, 0.1) is 23.4 Å². The average Bonchev–Trinajstić information content (AvgIpc) is 2.85. The normalized spacial score (nSPS) is 10.1. The molecule has 1 aromatic carbocycles. The van der Waals surface area contributed by atoms with Gasteiger partial charge in [-0.15, -0.1) is 11.3 Å². The molecule has 1 heterocycles. The number of hydrogen-bond donors (Lipinski definition) is 2. The summed E-state index contributed by atoms with van der Waals surface area (Å²) < 4.78 is 5.02. The lowest BCUT2D eigenvalue weighted by atomic mass is 10.1. The number of aryl methyl sites for hydroxylation is 1. The van der Waals surface area contributed by atoms with Gasteiger partial charge in [-0.3, -0.25) is 4.79 Å². The highest BCUT2D eigenvalue weighted by atomic mass is 32.1. The van der Waals surface area contributed by atoms with Crippen molar-refractivity contribution in [3.8, 4) is 5.75 Å². The zero-order valence-electron chi connectivity index (χ0n) is 10.8. The van der Waals surface area contributed by atoms with Gasteiger partial charge >= 0.3 is 5.97 Å². The molecule has 7 heteroatoms. The number of benzene rings is 1. The molecule has 0 aliphatic heterocycles. The summed E-state index contributed by atoms with van der Waals surface area (Å²) in [7, 11) is 1.46. The number of anilines is 1. The molecule has 104 valence electrons. The first-order chi connectivity index (χ1) is 9.51. The summed E-state index contributed by atoms with van der Waals surface area (Å²) in [5, 5.41) is 14.0. The van der Waals surface area contributed by atoms with Crippen LogP contribution in [0.2, 0.25) is 0 Å². The summed E-state index contributed by atoms with van der Waals surface area (Å²) in [5.41, 5.74) is 0.422. The summed E-state index contributed by atoms with van der Waals surface area (Å²) in [6.45, 7) is 1.79. The van der Waals surface area contributed by atoms with Gasteiger partial charge in [0.25, 0.3) is 5.91 Å². The number of carboxylic acids is 1. The number of thiazole rings is 1. The van der Waals surface area contributed by atoms with Crippen molar-refractivity contribution in [1.29, 1.82) is 0 Å². The minimum absolute atomic E-state index is 0.00824. The molecule has 0 aliphatic carbocycles. The Bertz CT molecular complexity index is 666. The molecule has 0 saturated heterocycles. The number of carbonyl (C=O) groups excluding carboxylic acids is 1. The van der Waals surface area contributed by atoms with Gasteiger partial charge < -0.3 is 15.2 Å². The highest BCUT2D eigenvalue weighted by Crippen LogP contribution is 2.23. The Kier molecular flexibility index (Phi) is 3.99. The lowest BCUT2D eigenvalue weighted by molar-refractivity contribution is 0.0698. The van der Waals surface area contributed by atoms with Crippen LogP contribution in [0.15, 0.2) is 23.6 Å². The maximum atomic E-state index is 12.0. The second kappa shape index (κ2) is 5.70. The molecule has 0 atom stereocenters. The highest BCUT2D eigenvalue weighted by Gasteiger charge is 2.16. The molecule has 2 aromatic rings. The fraction of sp³-hybridized carbons (Fsp3) is 0.154. The van der Waals surface area contributed by atoms with E-state index in [1.807, 2.05) is 0 Å². The number of hydrogen-bond acceptors (Lipinski definition) is 5. The zero-order chi connectivity index (χ0) is 14.7. The van der Waals surface area contributed by atoms with E-state index >= 15 is 0 Å². The summed E-state index contributed by atoms with van der Waals surface area (Å²) >= 11 is 1.35. The first-order valence-corrected chi connectivity index (χ1v) is 6.54. The van der Waals surface area contributed by atoms with E-state index in [1.165, 1.54) is 36.6 Å². The van der Waals surface area contributed by atoms with E-state index in [-0.39, 0.29) is 16.9 Å². The molecule has 0 bridgehead atoms. The van der Waals surface area contributed by atoms with Gasteiger partial charge in [-0.05, 0) is 19.1 Å². The van der Waals surface area contributed by atoms with Crippen molar-refractivity contribution in [1.82, 2.24) is 4.98 Å². The Morgan fingerprint density at radius 3 is 2.70 bits per heavy atom. The fourth-order valence-electron chi connectivity index (χ4n) is 1.59. The van der Waals surface area contributed by atoms with Crippen molar-refractivity contribution < 1.29 is 19.4 Å². The van der Waals surface area contributed by atoms with Crippen molar-refractivity contribution in [2.45, 2.75) is 6.92 Å². The second-order valence-electron chi connectivity index (χ2n) is 3.92. The van der Waals surface area contributed by atoms with Gasteiger partial charge in [0.15, 0.2) is 0 Å². The summed E-state index contributed by atoms with van der Waals surface area (Å²) in [5.74, 6) is -1.12. The molecule has 0 spiro atoms. The number of ether oxygens (including phenoxy) is 1. The van der Waals surface area contributed by atoms with Gasteiger partial charge in [0.2, 0.25) is 0 Å². The molecule has 0 saturated carbocycles. The molecule has 20 heavy (non-hydrogen) atoms.